The molecule has 2 saturated heterocycles. The summed E-state index contributed by atoms with van der Waals surface area (Å²) >= 11 is 0. The molecule has 2 aliphatic heterocycles. The van der Waals surface area contributed by atoms with Crippen LogP contribution >= 0.6 is 0 Å². The number of rotatable bonds is 6. The molecule has 0 radical (unpaired) electrons. The van der Waals surface area contributed by atoms with Crippen molar-refractivity contribution in [1.82, 2.24) is 10.2 Å². The highest BCUT2D eigenvalue weighted by Gasteiger charge is 2.35. The summed E-state index contributed by atoms with van der Waals surface area (Å²) in [6.07, 6.45) is 13.0. The van der Waals surface area contributed by atoms with Gasteiger partial charge in [0.1, 0.15) is 0 Å². The Morgan fingerprint density at radius 1 is 1.17 bits per heavy atom. The maximum Gasteiger partial charge on any atom is 0.00502 e. The number of unbranched alkanes of at least 4 members (excludes halogenated alkanes) is 3. The van der Waals surface area contributed by atoms with Gasteiger partial charge in [0.25, 0.3) is 0 Å². The third-order valence-electron chi connectivity index (χ3n) is 4.68. The van der Waals surface area contributed by atoms with Crippen LogP contribution in [0.2, 0.25) is 0 Å². The Kier molecular flexibility index (Phi) is 5.71. The Hall–Kier alpha value is -0.340. The van der Waals surface area contributed by atoms with Crippen LogP contribution in [0.4, 0.5) is 0 Å². The van der Waals surface area contributed by atoms with E-state index in [4.69, 9.17) is 0 Å². The number of likely N-dealkylation sites (tertiary alicyclic amines) is 1. The van der Waals surface area contributed by atoms with Crippen LogP contribution in [0, 0.1) is 5.41 Å². The summed E-state index contributed by atoms with van der Waals surface area (Å²) in [7, 11) is 0. The lowest BCUT2D eigenvalue weighted by Gasteiger charge is -2.45. The van der Waals surface area contributed by atoms with Crippen LogP contribution in [0.15, 0.2) is 12.7 Å². The first-order valence-corrected chi connectivity index (χ1v) is 7.89. The minimum atomic E-state index is 0.623. The van der Waals surface area contributed by atoms with Gasteiger partial charge in [0.05, 0.1) is 0 Å². The second-order valence-electron chi connectivity index (χ2n) is 6.30. The number of nitrogens with one attached hydrogen (secondary N) is 1. The summed E-state index contributed by atoms with van der Waals surface area (Å²) in [5.41, 5.74) is 0.623. The van der Waals surface area contributed by atoms with Gasteiger partial charge in [0.15, 0.2) is 0 Å². The minimum Gasteiger partial charge on any atom is -0.316 e. The second-order valence-corrected chi connectivity index (χ2v) is 6.30. The van der Waals surface area contributed by atoms with Crippen molar-refractivity contribution in [3.8, 4) is 0 Å². The molecular weight excluding hydrogens is 220 g/mol. The Bertz CT molecular complexity index is 238. The molecule has 0 saturated carbocycles. The lowest BCUT2D eigenvalue weighted by atomic mass is 9.74. The molecule has 0 aliphatic carbocycles. The van der Waals surface area contributed by atoms with Gasteiger partial charge in [-0.25, -0.2) is 0 Å². The average molecular weight is 250 g/mol. The molecule has 1 N–H and O–H groups in total. The molecule has 2 rings (SSSR count). The topological polar surface area (TPSA) is 15.3 Å². The minimum absolute atomic E-state index is 0.623. The van der Waals surface area contributed by atoms with E-state index in [1.165, 1.54) is 84.1 Å². The van der Waals surface area contributed by atoms with Gasteiger partial charge >= 0.3 is 0 Å². The summed E-state index contributed by atoms with van der Waals surface area (Å²) in [5.74, 6) is 0. The van der Waals surface area contributed by atoms with Crippen molar-refractivity contribution in [1.29, 1.82) is 0 Å². The molecule has 2 heteroatoms. The molecule has 0 aromatic carbocycles. The fraction of sp³-hybridized carbons (Fsp3) is 0.875. The molecule has 0 amide bonds. The van der Waals surface area contributed by atoms with Crippen LogP contribution in [-0.2, 0) is 0 Å². The van der Waals surface area contributed by atoms with Crippen molar-refractivity contribution < 1.29 is 0 Å². The highest BCUT2D eigenvalue weighted by molar-refractivity contribution is 4.91. The monoisotopic (exact) mass is 250 g/mol. The van der Waals surface area contributed by atoms with Gasteiger partial charge < -0.3 is 10.2 Å². The molecule has 1 spiro atoms. The van der Waals surface area contributed by atoms with Crippen LogP contribution in [0.25, 0.3) is 0 Å². The smallest absolute Gasteiger partial charge is 0.00502 e. The Morgan fingerprint density at radius 3 is 2.83 bits per heavy atom. The summed E-state index contributed by atoms with van der Waals surface area (Å²) < 4.78 is 0. The van der Waals surface area contributed by atoms with Crippen molar-refractivity contribution in [3.05, 3.63) is 12.7 Å². The van der Waals surface area contributed by atoms with Crippen LogP contribution in [-0.4, -0.2) is 37.6 Å². The molecule has 0 aromatic heterocycles. The van der Waals surface area contributed by atoms with E-state index in [2.05, 4.69) is 16.8 Å². The molecule has 2 nitrogen and oxygen atoms in total. The average Bonchev–Trinajstić information content (AvgIpc) is 2.40. The fourth-order valence-corrected chi connectivity index (χ4v) is 3.68. The molecule has 0 aromatic rings. The number of hydrogen-bond donors (Lipinski definition) is 1. The van der Waals surface area contributed by atoms with Crippen molar-refractivity contribution in [2.24, 2.45) is 5.41 Å². The lowest BCUT2D eigenvalue weighted by molar-refractivity contribution is 0.0636. The zero-order valence-electron chi connectivity index (χ0n) is 11.9. The summed E-state index contributed by atoms with van der Waals surface area (Å²) in [6.45, 7) is 10.3. The van der Waals surface area contributed by atoms with Gasteiger partial charge in [-0.2, -0.15) is 0 Å². The Balaban J connectivity index is 1.68. The molecule has 2 heterocycles. The molecule has 1 atom stereocenters. The van der Waals surface area contributed by atoms with Gasteiger partial charge in [-0.1, -0.05) is 12.5 Å². The summed E-state index contributed by atoms with van der Waals surface area (Å²) in [6, 6.07) is 0. The SMILES string of the molecule is C=CCCCCCN1CCCC2(CCCNC2)C1. The van der Waals surface area contributed by atoms with E-state index in [0.29, 0.717) is 5.41 Å². The van der Waals surface area contributed by atoms with Crippen molar-refractivity contribution in [3.63, 3.8) is 0 Å². The highest BCUT2D eigenvalue weighted by atomic mass is 15.1. The standard InChI is InChI=1S/C16H30N2/c1-2-3-4-5-6-12-18-13-8-10-16(15-18)9-7-11-17-14-16/h2,17H,1,3-15H2. The summed E-state index contributed by atoms with van der Waals surface area (Å²) in [4.78, 5) is 2.73. The molecular formula is C16H30N2. The molecule has 0 bridgehead atoms. The van der Waals surface area contributed by atoms with E-state index in [1.54, 1.807) is 0 Å². The van der Waals surface area contributed by atoms with E-state index < -0.39 is 0 Å². The largest absolute Gasteiger partial charge is 0.316 e. The van der Waals surface area contributed by atoms with Crippen molar-refractivity contribution in [2.45, 2.75) is 51.4 Å². The van der Waals surface area contributed by atoms with Gasteiger partial charge in [0, 0.05) is 13.1 Å². The molecule has 2 fully saturated rings. The fourth-order valence-electron chi connectivity index (χ4n) is 3.68. The first-order chi connectivity index (χ1) is 8.85. The predicted molar refractivity (Wildman–Crippen MR) is 78.9 cm³/mol. The predicted octanol–water partition coefficient (Wildman–Crippen LogP) is 3.20. The number of piperidine rings is 2. The first kappa shape index (κ1) is 14.1. The van der Waals surface area contributed by atoms with Crippen molar-refractivity contribution in [2.75, 3.05) is 32.7 Å². The molecule has 18 heavy (non-hydrogen) atoms. The lowest BCUT2D eigenvalue weighted by Crippen LogP contribution is -2.51. The maximum atomic E-state index is 3.79. The van der Waals surface area contributed by atoms with Crippen LogP contribution in [0.5, 0.6) is 0 Å². The quantitative estimate of drug-likeness (QED) is 0.575. The number of hydrogen-bond acceptors (Lipinski definition) is 2. The van der Waals surface area contributed by atoms with E-state index in [-0.39, 0.29) is 0 Å². The van der Waals surface area contributed by atoms with Gasteiger partial charge in [-0.05, 0) is 70.0 Å². The van der Waals surface area contributed by atoms with Gasteiger partial charge in [-0.15, -0.1) is 6.58 Å². The normalized spacial score (nSPS) is 29.6. The molecule has 1 unspecified atom stereocenters. The van der Waals surface area contributed by atoms with E-state index in [9.17, 15) is 0 Å². The van der Waals surface area contributed by atoms with E-state index in [1.807, 2.05) is 6.08 Å². The third kappa shape index (κ3) is 4.10. The summed E-state index contributed by atoms with van der Waals surface area (Å²) in [5, 5.41) is 3.61. The first-order valence-electron chi connectivity index (χ1n) is 7.89. The molecule has 2 aliphatic rings. The Labute approximate surface area is 113 Å². The third-order valence-corrected chi connectivity index (χ3v) is 4.68. The molecule has 104 valence electrons. The second kappa shape index (κ2) is 7.30. The zero-order chi connectivity index (χ0) is 12.7. The van der Waals surface area contributed by atoms with Crippen LogP contribution in [0.3, 0.4) is 0 Å². The van der Waals surface area contributed by atoms with Crippen LogP contribution in [0.1, 0.15) is 51.4 Å². The van der Waals surface area contributed by atoms with Gasteiger partial charge in [-0.3, -0.25) is 0 Å². The van der Waals surface area contributed by atoms with Gasteiger partial charge in [0.2, 0.25) is 0 Å². The van der Waals surface area contributed by atoms with E-state index in [0.717, 1.165) is 0 Å². The van der Waals surface area contributed by atoms with E-state index >= 15 is 0 Å². The number of nitrogens with zero attached hydrogens (tertiary/aromatic N) is 1. The van der Waals surface area contributed by atoms with Crippen molar-refractivity contribution >= 4 is 0 Å². The zero-order valence-corrected chi connectivity index (χ0v) is 11.9. The number of allylic oxidation sites excluding steroid dienone is 1. The highest BCUT2D eigenvalue weighted by Crippen LogP contribution is 2.35. The Morgan fingerprint density at radius 2 is 2.06 bits per heavy atom. The van der Waals surface area contributed by atoms with Crippen LogP contribution < -0.4 is 5.32 Å². The maximum absolute atomic E-state index is 3.79.